The van der Waals surface area contributed by atoms with Gasteiger partial charge in [0.05, 0.1) is 38.6 Å². The summed E-state index contributed by atoms with van der Waals surface area (Å²) in [7, 11) is -2.35. The lowest BCUT2D eigenvalue weighted by molar-refractivity contribution is -0.251. The molecule has 0 aromatic heterocycles. The molecule has 2 aromatic rings. The van der Waals surface area contributed by atoms with Gasteiger partial charge in [0.25, 0.3) is 5.91 Å². The standard InChI is InChI=1S/C66H115NO11Si/c1-10-14-18-22-26-30-34-38-46-72-55-44-42-53(50-57(55)74-48-40-36-32-28-24-20-16-12-3)63(69)67-60-62(61(68)59(77-65(60)71)52-76-79(8,9)66(5,6)7)78-64(70)54-43-45-56(73-47-39-35-31-27-23-19-15-11-2)58(51-54)75-49-41-37-33-29-25-21-17-13-4/h42-45,50-51,59-62,65,68,71H,10-41,46-49,52H2,1-9H3,(H,67,69)/t59-,60-,61-,62-,65?/m1/s1. The summed E-state index contributed by atoms with van der Waals surface area (Å²) in [6.45, 7) is 21.4. The molecule has 1 amide bonds. The fourth-order valence-corrected chi connectivity index (χ4v) is 10.7. The van der Waals surface area contributed by atoms with Crippen molar-refractivity contribution in [3.05, 3.63) is 47.5 Å². The summed E-state index contributed by atoms with van der Waals surface area (Å²) >= 11 is 0. The molecule has 12 nitrogen and oxygen atoms in total. The minimum Gasteiger partial charge on any atom is -0.490 e. The molecule has 3 N–H and O–H groups in total. The fourth-order valence-electron chi connectivity index (χ4n) is 9.72. The number of hydrogen-bond acceptors (Lipinski definition) is 11. The van der Waals surface area contributed by atoms with Crippen LogP contribution in [0.1, 0.15) is 275 Å². The topological polar surface area (TPSA) is 151 Å². The second-order valence-electron chi connectivity index (χ2n) is 24.1. The van der Waals surface area contributed by atoms with Gasteiger partial charge in [-0.05, 0) is 80.2 Å². The molecule has 1 heterocycles. The first-order chi connectivity index (χ1) is 38.2. The van der Waals surface area contributed by atoms with Crippen LogP contribution in [0.3, 0.4) is 0 Å². The number of ether oxygens (including phenoxy) is 6. The van der Waals surface area contributed by atoms with Crippen LogP contribution in [0.2, 0.25) is 18.1 Å². The van der Waals surface area contributed by atoms with Crippen LogP contribution < -0.4 is 24.3 Å². The average Bonchev–Trinajstić information content (AvgIpc) is 3.52. The maximum absolute atomic E-state index is 14.4. The molecule has 1 unspecified atom stereocenters. The normalized spacial score (nSPS) is 17.6. The Morgan fingerprint density at radius 3 is 1.23 bits per heavy atom. The van der Waals surface area contributed by atoms with E-state index in [0.717, 1.165) is 64.2 Å². The van der Waals surface area contributed by atoms with Gasteiger partial charge in [0.2, 0.25) is 0 Å². The van der Waals surface area contributed by atoms with Gasteiger partial charge in [-0.2, -0.15) is 0 Å². The van der Waals surface area contributed by atoms with Crippen molar-refractivity contribution < 1.29 is 52.6 Å². The fraction of sp³-hybridized carbons (Fsp3) is 0.788. The maximum Gasteiger partial charge on any atom is 0.338 e. The van der Waals surface area contributed by atoms with Gasteiger partial charge in [-0.3, -0.25) is 4.79 Å². The van der Waals surface area contributed by atoms with E-state index in [9.17, 15) is 19.8 Å². The van der Waals surface area contributed by atoms with Gasteiger partial charge in [0.15, 0.2) is 43.7 Å². The molecule has 1 saturated heterocycles. The van der Waals surface area contributed by atoms with Gasteiger partial charge in [-0.1, -0.05) is 228 Å². The highest BCUT2D eigenvalue weighted by Gasteiger charge is 2.49. The Bertz CT molecular complexity index is 1890. The number of unbranched alkanes of at least 4 members (excludes halogenated alkanes) is 28. The summed E-state index contributed by atoms with van der Waals surface area (Å²) in [6.07, 6.45) is 32.0. The van der Waals surface area contributed by atoms with Gasteiger partial charge in [-0.25, -0.2) is 4.79 Å². The Balaban J connectivity index is 1.86. The highest BCUT2D eigenvalue weighted by molar-refractivity contribution is 6.74. The summed E-state index contributed by atoms with van der Waals surface area (Å²) < 4.78 is 44.1. The predicted molar refractivity (Wildman–Crippen MR) is 326 cm³/mol. The third-order valence-electron chi connectivity index (χ3n) is 16.1. The Hall–Kier alpha value is -3.36. The quantitative estimate of drug-likeness (QED) is 0.0330. The van der Waals surface area contributed by atoms with Gasteiger partial charge >= 0.3 is 5.97 Å². The number of carbonyl (C=O) groups excluding carboxylic acids is 2. The van der Waals surface area contributed by atoms with Crippen LogP contribution in [-0.4, -0.2) is 94.1 Å². The lowest BCUT2D eigenvalue weighted by Gasteiger charge is -2.44. The first-order valence-electron chi connectivity index (χ1n) is 32.1. The molecule has 3 rings (SSSR count). The van der Waals surface area contributed by atoms with Crippen molar-refractivity contribution in [2.75, 3.05) is 33.0 Å². The zero-order valence-electron chi connectivity index (χ0n) is 51.6. The number of rotatable bonds is 47. The van der Waals surface area contributed by atoms with Crippen LogP contribution in [0.5, 0.6) is 23.0 Å². The summed E-state index contributed by atoms with van der Waals surface area (Å²) in [5.74, 6) is 0.700. The molecule has 0 bridgehead atoms. The maximum atomic E-state index is 14.4. The molecular formula is C66H115NO11Si. The molecule has 0 spiro atoms. The van der Waals surface area contributed by atoms with Crippen LogP contribution in [0.15, 0.2) is 36.4 Å². The van der Waals surface area contributed by atoms with E-state index in [0.29, 0.717) is 49.4 Å². The van der Waals surface area contributed by atoms with E-state index in [-0.39, 0.29) is 22.8 Å². The highest BCUT2D eigenvalue weighted by Crippen LogP contribution is 2.38. The number of benzene rings is 2. The molecule has 1 aliphatic heterocycles. The van der Waals surface area contributed by atoms with Crippen LogP contribution in [0.4, 0.5) is 0 Å². The summed E-state index contributed by atoms with van der Waals surface area (Å²) in [6, 6.07) is 8.74. The number of hydrogen-bond donors (Lipinski definition) is 3. The number of amides is 1. The molecule has 0 radical (unpaired) electrons. The van der Waals surface area contributed by atoms with Gasteiger partial charge in [0, 0.05) is 5.56 Å². The molecule has 1 aliphatic rings. The summed E-state index contributed by atoms with van der Waals surface area (Å²) in [5.41, 5.74) is 0.430. The molecule has 13 heteroatoms. The van der Waals surface area contributed by atoms with E-state index in [1.54, 1.807) is 36.4 Å². The van der Waals surface area contributed by atoms with Crippen LogP contribution >= 0.6 is 0 Å². The van der Waals surface area contributed by atoms with Crippen molar-refractivity contribution >= 4 is 20.2 Å². The smallest absolute Gasteiger partial charge is 0.338 e. The Morgan fingerprint density at radius 1 is 0.506 bits per heavy atom. The van der Waals surface area contributed by atoms with Crippen molar-refractivity contribution in [2.24, 2.45) is 0 Å². The van der Waals surface area contributed by atoms with Gasteiger partial charge < -0.3 is 48.4 Å². The minimum atomic E-state index is -2.35. The van der Waals surface area contributed by atoms with E-state index >= 15 is 0 Å². The molecule has 5 atom stereocenters. The highest BCUT2D eigenvalue weighted by atomic mass is 28.4. The number of nitrogens with one attached hydrogen (secondary N) is 1. The van der Waals surface area contributed by atoms with Crippen LogP contribution in [0.25, 0.3) is 0 Å². The van der Waals surface area contributed by atoms with Gasteiger partial charge in [0.1, 0.15) is 18.2 Å². The molecule has 454 valence electrons. The second-order valence-corrected chi connectivity index (χ2v) is 28.9. The van der Waals surface area contributed by atoms with Crippen LogP contribution in [-0.2, 0) is 13.9 Å². The first kappa shape index (κ1) is 69.9. The Morgan fingerprint density at radius 2 is 0.848 bits per heavy atom. The molecule has 2 aromatic carbocycles. The number of aliphatic hydroxyl groups is 2. The van der Waals surface area contributed by atoms with Crippen LogP contribution in [0, 0.1) is 0 Å². The monoisotopic (exact) mass is 1130 g/mol. The van der Waals surface area contributed by atoms with E-state index in [1.165, 1.54) is 141 Å². The third-order valence-corrected chi connectivity index (χ3v) is 20.6. The van der Waals surface area contributed by atoms with Crippen molar-refractivity contribution in [1.29, 1.82) is 0 Å². The molecular weight excluding hydrogens is 1010 g/mol. The zero-order chi connectivity index (χ0) is 57.6. The van der Waals surface area contributed by atoms with Crippen molar-refractivity contribution in [1.82, 2.24) is 5.32 Å². The average molecular weight is 1130 g/mol. The third kappa shape index (κ3) is 28.5. The lowest BCUT2D eigenvalue weighted by atomic mass is 9.96. The zero-order valence-corrected chi connectivity index (χ0v) is 52.6. The molecule has 1 fully saturated rings. The van der Waals surface area contributed by atoms with Crippen molar-refractivity contribution in [2.45, 2.75) is 303 Å². The van der Waals surface area contributed by atoms with E-state index in [1.807, 2.05) is 0 Å². The molecule has 79 heavy (non-hydrogen) atoms. The van der Waals surface area contributed by atoms with Gasteiger partial charge in [-0.15, -0.1) is 0 Å². The predicted octanol–water partition coefficient (Wildman–Crippen LogP) is 17.2. The summed E-state index contributed by atoms with van der Waals surface area (Å²) in [5, 5.41) is 26.6. The minimum absolute atomic E-state index is 0.0506. The van der Waals surface area contributed by atoms with E-state index < -0.39 is 50.8 Å². The Labute approximate surface area is 482 Å². The SMILES string of the molecule is CCCCCCCCCCOc1ccc(C(=O)N[C@H]2C(O)O[C@H](CO[Si](C)(C)C(C)(C)C)[C@@H](O)[C@@H]2OC(=O)c2ccc(OCCCCCCCCCC)c(OCCCCCCCCCC)c2)cc1OCCCCCCCCCC. The number of esters is 1. The molecule has 0 aliphatic carbocycles. The van der Waals surface area contributed by atoms with Crippen molar-refractivity contribution in [3.8, 4) is 23.0 Å². The Kier molecular flexibility index (Phi) is 36.8. The summed E-state index contributed by atoms with van der Waals surface area (Å²) in [4.78, 5) is 28.8. The van der Waals surface area contributed by atoms with E-state index in [2.05, 4.69) is 66.9 Å². The van der Waals surface area contributed by atoms with E-state index in [4.69, 9.17) is 32.8 Å². The largest absolute Gasteiger partial charge is 0.490 e. The van der Waals surface area contributed by atoms with Crippen molar-refractivity contribution in [3.63, 3.8) is 0 Å². The lowest BCUT2D eigenvalue weighted by Crippen LogP contribution is -2.65. The molecule has 0 saturated carbocycles. The number of carbonyl (C=O) groups is 2. The first-order valence-corrected chi connectivity index (χ1v) is 35.0. The number of aliphatic hydroxyl groups excluding tert-OH is 2. The second kappa shape index (κ2) is 41.6.